The number of halogens is 2. The summed E-state index contributed by atoms with van der Waals surface area (Å²) in [5.74, 6) is -1.93. The molecule has 3 aromatic rings. The number of hydrogen-bond acceptors (Lipinski definition) is 4. The average Bonchev–Trinajstić information content (AvgIpc) is 2.72. The monoisotopic (exact) mass is 446 g/mol. The molecule has 0 atom stereocenters. The number of sulfonamides is 1. The van der Waals surface area contributed by atoms with Crippen LogP contribution in [0, 0.1) is 25.5 Å². The van der Waals surface area contributed by atoms with Gasteiger partial charge in [0.15, 0.2) is 6.61 Å². The highest BCUT2D eigenvalue weighted by molar-refractivity contribution is 7.92. The molecule has 0 fully saturated rings. The van der Waals surface area contributed by atoms with Gasteiger partial charge in [-0.1, -0.05) is 6.07 Å². The quantitative estimate of drug-likeness (QED) is 0.564. The van der Waals surface area contributed by atoms with Gasteiger partial charge < -0.3 is 10.1 Å². The van der Waals surface area contributed by atoms with Gasteiger partial charge in [-0.05, 0) is 73.5 Å². The maximum Gasteiger partial charge on any atom is 0.262 e. The highest BCUT2D eigenvalue weighted by Crippen LogP contribution is 2.21. The van der Waals surface area contributed by atoms with Crippen LogP contribution in [0.1, 0.15) is 11.1 Å². The average molecular weight is 446 g/mol. The number of benzene rings is 3. The van der Waals surface area contributed by atoms with Crippen LogP contribution in [0.2, 0.25) is 0 Å². The molecule has 3 aromatic carbocycles. The molecule has 0 radical (unpaired) electrons. The first-order valence-corrected chi connectivity index (χ1v) is 10.7. The number of carbonyl (C=O) groups is 1. The Morgan fingerprint density at radius 3 is 2.32 bits per heavy atom. The smallest absolute Gasteiger partial charge is 0.262 e. The van der Waals surface area contributed by atoms with E-state index in [1.807, 2.05) is 19.9 Å². The SMILES string of the molecule is Cc1ccc(NS(=O)(=O)c2ccc(OCC(=O)Nc3cc(F)ccc3F)cc2)cc1C. The fourth-order valence-corrected chi connectivity index (χ4v) is 3.71. The Hall–Kier alpha value is -3.46. The maximum absolute atomic E-state index is 13.6. The van der Waals surface area contributed by atoms with Crippen molar-refractivity contribution in [2.45, 2.75) is 18.7 Å². The van der Waals surface area contributed by atoms with Crippen LogP contribution in [-0.2, 0) is 14.8 Å². The van der Waals surface area contributed by atoms with Gasteiger partial charge in [-0.15, -0.1) is 0 Å². The van der Waals surface area contributed by atoms with E-state index in [4.69, 9.17) is 4.74 Å². The first-order chi connectivity index (χ1) is 14.6. The molecule has 0 aliphatic heterocycles. The van der Waals surface area contributed by atoms with Crippen LogP contribution in [0.3, 0.4) is 0 Å². The lowest BCUT2D eigenvalue weighted by Crippen LogP contribution is -2.21. The van der Waals surface area contributed by atoms with Crippen molar-refractivity contribution in [2.24, 2.45) is 0 Å². The molecule has 0 bridgehead atoms. The predicted molar refractivity (Wildman–Crippen MR) is 114 cm³/mol. The molecule has 1 amide bonds. The van der Waals surface area contributed by atoms with Gasteiger partial charge in [0.2, 0.25) is 0 Å². The molecule has 162 valence electrons. The molecule has 0 saturated heterocycles. The van der Waals surface area contributed by atoms with Crippen LogP contribution < -0.4 is 14.8 Å². The fourth-order valence-electron chi connectivity index (χ4n) is 2.66. The summed E-state index contributed by atoms with van der Waals surface area (Å²) in [7, 11) is -3.80. The van der Waals surface area contributed by atoms with Crippen molar-refractivity contribution in [3.8, 4) is 5.75 Å². The molecular weight excluding hydrogens is 426 g/mol. The van der Waals surface area contributed by atoms with Crippen molar-refractivity contribution in [1.82, 2.24) is 0 Å². The molecule has 0 unspecified atom stereocenters. The molecule has 6 nitrogen and oxygen atoms in total. The molecule has 0 spiro atoms. The summed E-state index contributed by atoms with van der Waals surface area (Å²) < 4.78 is 59.6. The molecule has 0 saturated carbocycles. The minimum Gasteiger partial charge on any atom is -0.484 e. The molecule has 3 rings (SSSR count). The maximum atomic E-state index is 13.6. The second kappa shape index (κ2) is 9.13. The van der Waals surface area contributed by atoms with Gasteiger partial charge in [-0.2, -0.15) is 0 Å². The van der Waals surface area contributed by atoms with Gasteiger partial charge in [-0.3, -0.25) is 9.52 Å². The van der Waals surface area contributed by atoms with Crippen molar-refractivity contribution in [1.29, 1.82) is 0 Å². The topological polar surface area (TPSA) is 84.5 Å². The number of nitrogens with one attached hydrogen (secondary N) is 2. The number of aryl methyl sites for hydroxylation is 2. The molecule has 0 aromatic heterocycles. The van der Waals surface area contributed by atoms with E-state index in [-0.39, 0.29) is 16.3 Å². The van der Waals surface area contributed by atoms with E-state index < -0.39 is 34.2 Å². The zero-order chi connectivity index (χ0) is 22.6. The van der Waals surface area contributed by atoms with Crippen LogP contribution in [0.25, 0.3) is 0 Å². The summed E-state index contributed by atoms with van der Waals surface area (Å²) >= 11 is 0. The van der Waals surface area contributed by atoms with Gasteiger partial charge in [0.25, 0.3) is 15.9 Å². The van der Waals surface area contributed by atoms with Crippen molar-refractivity contribution in [2.75, 3.05) is 16.6 Å². The van der Waals surface area contributed by atoms with Crippen molar-refractivity contribution >= 4 is 27.3 Å². The summed E-state index contributed by atoms with van der Waals surface area (Å²) in [4.78, 5) is 11.9. The minimum atomic E-state index is -3.80. The van der Waals surface area contributed by atoms with E-state index in [1.54, 1.807) is 12.1 Å². The number of rotatable bonds is 7. The Balaban J connectivity index is 1.60. The molecule has 0 heterocycles. The normalized spacial score (nSPS) is 11.1. The van der Waals surface area contributed by atoms with Crippen LogP contribution >= 0.6 is 0 Å². The number of hydrogen-bond donors (Lipinski definition) is 2. The van der Waals surface area contributed by atoms with Crippen molar-refractivity contribution in [3.63, 3.8) is 0 Å². The number of anilines is 2. The molecule has 2 N–H and O–H groups in total. The van der Waals surface area contributed by atoms with Gasteiger partial charge >= 0.3 is 0 Å². The molecule has 9 heteroatoms. The van der Waals surface area contributed by atoms with Gasteiger partial charge in [-0.25, -0.2) is 17.2 Å². The lowest BCUT2D eigenvalue weighted by molar-refractivity contribution is -0.118. The minimum absolute atomic E-state index is 0.0179. The van der Waals surface area contributed by atoms with E-state index in [9.17, 15) is 22.0 Å². The zero-order valence-electron chi connectivity index (χ0n) is 16.8. The van der Waals surface area contributed by atoms with E-state index in [0.29, 0.717) is 5.69 Å². The van der Waals surface area contributed by atoms with Gasteiger partial charge in [0.1, 0.15) is 17.4 Å². The summed E-state index contributed by atoms with van der Waals surface area (Å²) in [6.07, 6.45) is 0. The Morgan fingerprint density at radius 1 is 0.935 bits per heavy atom. The van der Waals surface area contributed by atoms with Crippen LogP contribution in [-0.4, -0.2) is 20.9 Å². The van der Waals surface area contributed by atoms with Crippen molar-refractivity contribution < 1.29 is 26.7 Å². The van der Waals surface area contributed by atoms with Crippen LogP contribution in [0.15, 0.2) is 65.6 Å². The Morgan fingerprint density at radius 2 is 1.65 bits per heavy atom. The largest absolute Gasteiger partial charge is 0.484 e. The van der Waals surface area contributed by atoms with E-state index in [2.05, 4.69) is 10.0 Å². The highest BCUT2D eigenvalue weighted by atomic mass is 32.2. The second-order valence-corrected chi connectivity index (χ2v) is 8.52. The first-order valence-electron chi connectivity index (χ1n) is 9.22. The molecule has 0 aliphatic carbocycles. The van der Waals surface area contributed by atoms with E-state index in [0.717, 1.165) is 29.3 Å². The Bertz CT molecular complexity index is 1210. The number of amides is 1. The third-order valence-corrected chi connectivity index (χ3v) is 5.86. The third kappa shape index (κ3) is 5.79. The Labute approximate surface area is 178 Å². The zero-order valence-corrected chi connectivity index (χ0v) is 17.6. The fraction of sp³-hybridized carbons (Fsp3) is 0.136. The molecular formula is C22H20F2N2O4S. The predicted octanol–water partition coefficient (Wildman–Crippen LogP) is 4.40. The Kier molecular flexibility index (Phi) is 6.55. The number of carbonyl (C=O) groups excluding carboxylic acids is 1. The third-order valence-electron chi connectivity index (χ3n) is 4.47. The van der Waals surface area contributed by atoms with Crippen LogP contribution in [0.4, 0.5) is 20.2 Å². The molecule has 0 aliphatic rings. The lowest BCUT2D eigenvalue weighted by atomic mass is 10.1. The van der Waals surface area contributed by atoms with Crippen molar-refractivity contribution in [3.05, 3.63) is 83.4 Å². The summed E-state index contributed by atoms with van der Waals surface area (Å²) in [5.41, 5.74) is 2.16. The van der Waals surface area contributed by atoms with Gasteiger partial charge in [0, 0.05) is 11.8 Å². The second-order valence-electron chi connectivity index (χ2n) is 6.84. The van der Waals surface area contributed by atoms with Gasteiger partial charge in [0.05, 0.1) is 10.6 Å². The van der Waals surface area contributed by atoms with E-state index >= 15 is 0 Å². The molecule has 31 heavy (non-hydrogen) atoms. The first kappa shape index (κ1) is 22.2. The lowest BCUT2D eigenvalue weighted by Gasteiger charge is -2.11. The summed E-state index contributed by atoms with van der Waals surface area (Å²) in [6.45, 7) is 3.35. The number of ether oxygens (including phenoxy) is 1. The highest BCUT2D eigenvalue weighted by Gasteiger charge is 2.15. The van der Waals surface area contributed by atoms with Crippen LogP contribution in [0.5, 0.6) is 5.75 Å². The summed E-state index contributed by atoms with van der Waals surface area (Å²) in [6, 6.07) is 13.4. The summed E-state index contributed by atoms with van der Waals surface area (Å²) in [5, 5.41) is 2.21. The standard InChI is InChI=1S/C22H20F2N2O4S/c1-14-3-5-17(11-15(14)2)26-31(28,29)19-8-6-18(7-9-19)30-13-22(27)25-21-12-16(23)4-10-20(21)24/h3-12,26H,13H2,1-2H3,(H,25,27). The van der Waals surface area contributed by atoms with E-state index in [1.165, 1.54) is 24.3 Å².